The highest BCUT2D eigenvalue weighted by Crippen LogP contribution is 2.24. The lowest BCUT2D eigenvalue weighted by Gasteiger charge is -2.20. The Morgan fingerprint density at radius 1 is 1.29 bits per heavy atom. The third-order valence-corrected chi connectivity index (χ3v) is 4.43. The van der Waals surface area contributed by atoms with E-state index in [-0.39, 0.29) is 11.8 Å². The van der Waals surface area contributed by atoms with Crippen LogP contribution < -0.4 is 5.32 Å². The second kappa shape index (κ2) is 6.09. The van der Waals surface area contributed by atoms with Crippen LogP contribution >= 0.6 is 11.6 Å². The molecular formula is C16H15ClN6O. The maximum atomic E-state index is 12.6. The topological polar surface area (TPSA) is 88.5 Å². The average Bonchev–Trinajstić information content (AvgIpc) is 3.22. The molecule has 0 saturated heterocycles. The summed E-state index contributed by atoms with van der Waals surface area (Å²) in [5.74, 6) is 0.464. The number of rotatable bonds is 3. The van der Waals surface area contributed by atoms with Gasteiger partial charge in [0.2, 0.25) is 5.91 Å². The molecule has 1 amide bonds. The minimum Gasteiger partial charge on any atom is -0.310 e. The minimum absolute atomic E-state index is 0.0348. The van der Waals surface area contributed by atoms with Gasteiger partial charge in [-0.1, -0.05) is 17.7 Å². The summed E-state index contributed by atoms with van der Waals surface area (Å²) in [5.41, 5.74) is 2.64. The number of H-pyrrole nitrogens is 1. The second-order valence-electron chi connectivity index (χ2n) is 5.75. The number of fused-ring (bicyclic) bond motifs is 1. The van der Waals surface area contributed by atoms with Crippen LogP contribution in [0.2, 0.25) is 5.02 Å². The number of amides is 1. The van der Waals surface area contributed by atoms with E-state index in [0.29, 0.717) is 17.3 Å². The summed E-state index contributed by atoms with van der Waals surface area (Å²) < 4.78 is 1.66. The molecule has 0 radical (unpaired) electrons. The van der Waals surface area contributed by atoms with Crippen molar-refractivity contribution in [3.05, 3.63) is 52.9 Å². The SMILES string of the molecule is O=C(Nc1ccnn1-c1cccc(Cl)c1)[C@@H]1CCc2n[nH]nc2C1. The van der Waals surface area contributed by atoms with Crippen molar-refractivity contribution >= 4 is 23.3 Å². The molecule has 0 bridgehead atoms. The third kappa shape index (κ3) is 2.78. The van der Waals surface area contributed by atoms with Crippen LogP contribution in [0.4, 0.5) is 5.82 Å². The van der Waals surface area contributed by atoms with Crippen molar-refractivity contribution in [2.45, 2.75) is 19.3 Å². The smallest absolute Gasteiger partial charge is 0.229 e. The van der Waals surface area contributed by atoms with Gasteiger partial charge >= 0.3 is 0 Å². The zero-order valence-corrected chi connectivity index (χ0v) is 13.5. The molecule has 1 atom stereocenters. The molecule has 0 fully saturated rings. The van der Waals surface area contributed by atoms with E-state index in [2.05, 4.69) is 25.8 Å². The molecule has 0 spiro atoms. The molecule has 0 aliphatic heterocycles. The van der Waals surface area contributed by atoms with Gasteiger partial charge in [-0.2, -0.15) is 20.5 Å². The first-order valence-electron chi connectivity index (χ1n) is 7.70. The summed E-state index contributed by atoms with van der Waals surface area (Å²) in [5, 5.41) is 18.7. The van der Waals surface area contributed by atoms with Crippen LogP contribution in [0.15, 0.2) is 36.5 Å². The van der Waals surface area contributed by atoms with E-state index in [4.69, 9.17) is 11.6 Å². The Morgan fingerprint density at radius 3 is 3.04 bits per heavy atom. The van der Waals surface area contributed by atoms with Crippen LogP contribution in [0.5, 0.6) is 0 Å². The predicted molar refractivity (Wildman–Crippen MR) is 89.1 cm³/mol. The fourth-order valence-electron chi connectivity index (χ4n) is 2.95. The van der Waals surface area contributed by atoms with Gasteiger partial charge in [-0.15, -0.1) is 0 Å². The van der Waals surface area contributed by atoms with Crippen molar-refractivity contribution in [2.75, 3.05) is 5.32 Å². The molecule has 1 aliphatic rings. The summed E-state index contributed by atoms with van der Waals surface area (Å²) in [6.07, 6.45) is 3.77. The normalized spacial score (nSPS) is 16.6. The predicted octanol–water partition coefficient (Wildman–Crippen LogP) is 2.39. The largest absolute Gasteiger partial charge is 0.310 e. The fourth-order valence-corrected chi connectivity index (χ4v) is 3.13. The molecule has 1 aliphatic carbocycles. The van der Waals surface area contributed by atoms with Gasteiger partial charge in [0.1, 0.15) is 5.82 Å². The highest BCUT2D eigenvalue weighted by atomic mass is 35.5. The first kappa shape index (κ1) is 14.9. The van der Waals surface area contributed by atoms with E-state index in [0.717, 1.165) is 29.9 Å². The van der Waals surface area contributed by atoms with E-state index in [9.17, 15) is 4.79 Å². The molecule has 3 aromatic rings. The fraction of sp³-hybridized carbons (Fsp3) is 0.250. The van der Waals surface area contributed by atoms with E-state index < -0.39 is 0 Å². The molecule has 2 heterocycles. The van der Waals surface area contributed by atoms with Gasteiger partial charge in [0, 0.05) is 23.4 Å². The van der Waals surface area contributed by atoms with E-state index in [1.807, 2.05) is 12.1 Å². The van der Waals surface area contributed by atoms with E-state index in [1.165, 1.54) is 0 Å². The first-order valence-corrected chi connectivity index (χ1v) is 8.08. The van der Waals surface area contributed by atoms with E-state index >= 15 is 0 Å². The van der Waals surface area contributed by atoms with Crippen LogP contribution in [0.3, 0.4) is 0 Å². The van der Waals surface area contributed by atoms with Crippen LogP contribution in [0.1, 0.15) is 17.8 Å². The maximum absolute atomic E-state index is 12.6. The van der Waals surface area contributed by atoms with Gasteiger partial charge in [0.05, 0.1) is 23.3 Å². The molecule has 24 heavy (non-hydrogen) atoms. The van der Waals surface area contributed by atoms with Crippen LogP contribution in [-0.4, -0.2) is 31.1 Å². The maximum Gasteiger partial charge on any atom is 0.229 e. The number of hydrogen-bond donors (Lipinski definition) is 2. The summed E-state index contributed by atoms with van der Waals surface area (Å²) in [6.45, 7) is 0. The van der Waals surface area contributed by atoms with Gasteiger partial charge < -0.3 is 5.32 Å². The second-order valence-corrected chi connectivity index (χ2v) is 6.19. The minimum atomic E-state index is -0.120. The molecule has 7 nitrogen and oxygen atoms in total. The van der Waals surface area contributed by atoms with Crippen molar-refractivity contribution in [2.24, 2.45) is 5.92 Å². The number of carbonyl (C=O) groups is 1. The quantitative estimate of drug-likeness (QED) is 0.765. The van der Waals surface area contributed by atoms with Crippen molar-refractivity contribution in [3.63, 3.8) is 0 Å². The summed E-state index contributed by atoms with van der Waals surface area (Å²) in [4.78, 5) is 12.6. The molecule has 4 rings (SSSR count). The number of carbonyl (C=O) groups excluding carboxylic acids is 1. The summed E-state index contributed by atoms with van der Waals surface area (Å²) in [6, 6.07) is 9.09. The lowest BCUT2D eigenvalue weighted by molar-refractivity contribution is -0.120. The lowest BCUT2D eigenvalue weighted by Crippen LogP contribution is -2.29. The van der Waals surface area contributed by atoms with Gasteiger partial charge in [-0.3, -0.25) is 4.79 Å². The summed E-state index contributed by atoms with van der Waals surface area (Å²) in [7, 11) is 0. The molecule has 0 saturated carbocycles. The van der Waals surface area contributed by atoms with Crippen molar-refractivity contribution in [3.8, 4) is 5.69 Å². The molecule has 2 N–H and O–H groups in total. The van der Waals surface area contributed by atoms with Gasteiger partial charge in [-0.25, -0.2) is 4.68 Å². The van der Waals surface area contributed by atoms with E-state index in [1.54, 1.807) is 29.1 Å². The average molecular weight is 343 g/mol. The van der Waals surface area contributed by atoms with Crippen molar-refractivity contribution in [1.29, 1.82) is 0 Å². The van der Waals surface area contributed by atoms with Crippen LogP contribution in [0.25, 0.3) is 5.69 Å². The number of hydrogen-bond acceptors (Lipinski definition) is 4. The molecule has 2 aromatic heterocycles. The number of nitrogens with zero attached hydrogens (tertiary/aromatic N) is 4. The zero-order chi connectivity index (χ0) is 16.5. The Morgan fingerprint density at radius 2 is 2.17 bits per heavy atom. The number of benzene rings is 1. The lowest BCUT2D eigenvalue weighted by atomic mass is 9.89. The van der Waals surface area contributed by atoms with Crippen LogP contribution in [0, 0.1) is 5.92 Å². The molecule has 8 heteroatoms. The first-order chi connectivity index (χ1) is 11.7. The molecule has 0 unspecified atom stereocenters. The molecule has 122 valence electrons. The monoisotopic (exact) mass is 342 g/mol. The Bertz CT molecular complexity index is 886. The number of nitrogens with one attached hydrogen (secondary N) is 2. The number of aryl methyl sites for hydroxylation is 1. The third-order valence-electron chi connectivity index (χ3n) is 4.19. The molecular weight excluding hydrogens is 328 g/mol. The number of aromatic nitrogens is 5. The Balaban J connectivity index is 1.52. The van der Waals surface area contributed by atoms with Crippen molar-refractivity contribution in [1.82, 2.24) is 25.2 Å². The molecule has 1 aromatic carbocycles. The zero-order valence-electron chi connectivity index (χ0n) is 12.7. The highest BCUT2D eigenvalue weighted by molar-refractivity contribution is 6.30. The van der Waals surface area contributed by atoms with Gasteiger partial charge in [0.25, 0.3) is 0 Å². The Labute approximate surface area is 143 Å². The van der Waals surface area contributed by atoms with Gasteiger partial charge in [0.15, 0.2) is 0 Å². The Kier molecular flexibility index (Phi) is 3.78. The Hall–Kier alpha value is -2.67. The van der Waals surface area contributed by atoms with Crippen molar-refractivity contribution < 1.29 is 4.79 Å². The number of halogens is 1. The van der Waals surface area contributed by atoms with Gasteiger partial charge in [-0.05, 0) is 31.0 Å². The highest BCUT2D eigenvalue weighted by Gasteiger charge is 2.27. The van der Waals surface area contributed by atoms with Crippen LogP contribution in [-0.2, 0) is 17.6 Å². The number of anilines is 1. The summed E-state index contributed by atoms with van der Waals surface area (Å²) >= 11 is 6.03. The number of aromatic amines is 1. The standard InChI is InChI=1S/C16H15ClN6O/c17-11-2-1-3-12(9-11)23-15(6-7-18-23)19-16(24)10-4-5-13-14(8-10)21-22-20-13/h1-3,6-7,9-10H,4-5,8H2,(H,19,24)(H,20,21,22)/t10-/m1/s1.